The van der Waals surface area contributed by atoms with Crippen LogP contribution in [-0.2, 0) is 4.74 Å². The zero-order chi connectivity index (χ0) is 10.9. The Labute approximate surface area is 98.5 Å². The first kappa shape index (κ1) is 13.3. The van der Waals surface area contributed by atoms with Gasteiger partial charge in [0.05, 0.1) is 6.61 Å². The third-order valence-electron chi connectivity index (χ3n) is 2.88. The standard InChI is InChI=1S/C12H25NOS/c1-3-8-15-10-12(13-4-2)11-6-5-7-14-9-11/h11-13H,3-10H2,1-2H3. The van der Waals surface area contributed by atoms with E-state index in [1.807, 2.05) is 0 Å². The lowest BCUT2D eigenvalue weighted by Crippen LogP contribution is -2.42. The molecule has 0 aliphatic carbocycles. The molecule has 0 amide bonds. The summed E-state index contributed by atoms with van der Waals surface area (Å²) in [5.41, 5.74) is 0. The number of hydrogen-bond acceptors (Lipinski definition) is 3. The Bertz CT molecular complexity index is 149. The molecule has 15 heavy (non-hydrogen) atoms. The minimum Gasteiger partial charge on any atom is -0.381 e. The van der Waals surface area contributed by atoms with Gasteiger partial charge < -0.3 is 10.1 Å². The number of nitrogens with one attached hydrogen (secondary N) is 1. The molecule has 1 aliphatic rings. The minimum atomic E-state index is 0.659. The Balaban J connectivity index is 2.26. The summed E-state index contributed by atoms with van der Waals surface area (Å²) in [6.07, 6.45) is 3.86. The molecule has 0 aromatic rings. The van der Waals surface area contributed by atoms with Crippen molar-refractivity contribution in [3.05, 3.63) is 0 Å². The molecule has 0 bridgehead atoms. The van der Waals surface area contributed by atoms with Crippen LogP contribution in [0.5, 0.6) is 0 Å². The highest BCUT2D eigenvalue weighted by molar-refractivity contribution is 7.99. The molecule has 2 unspecified atom stereocenters. The van der Waals surface area contributed by atoms with Gasteiger partial charge >= 0.3 is 0 Å². The van der Waals surface area contributed by atoms with E-state index in [0.29, 0.717) is 6.04 Å². The van der Waals surface area contributed by atoms with Gasteiger partial charge in [-0.2, -0.15) is 11.8 Å². The Morgan fingerprint density at radius 2 is 2.33 bits per heavy atom. The van der Waals surface area contributed by atoms with Gasteiger partial charge in [0.2, 0.25) is 0 Å². The Morgan fingerprint density at radius 1 is 1.47 bits per heavy atom. The largest absolute Gasteiger partial charge is 0.381 e. The number of thioether (sulfide) groups is 1. The lowest BCUT2D eigenvalue weighted by atomic mass is 9.95. The molecule has 1 aliphatic heterocycles. The summed E-state index contributed by atoms with van der Waals surface area (Å²) >= 11 is 2.08. The Morgan fingerprint density at radius 3 is 2.93 bits per heavy atom. The summed E-state index contributed by atoms with van der Waals surface area (Å²) in [5.74, 6) is 3.27. The van der Waals surface area contributed by atoms with Gasteiger partial charge in [-0.15, -0.1) is 0 Å². The lowest BCUT2D eigenvalue weighted by molar-refractivity contribution is 0.0429. The summed E-state index contributed by atoms with van der Waals surface area (Å²) in [5, 5.41) is 3.61. The van der Waals surface area contributed by atoms with Crippen molar-refractivity contribution in [2.24, 2.45) is 5.92 Å². The van der Waals surface area contributed by atoms with E-state index in [2.05, 4.69) is 30.9 Å². The molecule has 0 aromatic carbocycles. The highest BCUT2D eigenvalue weighted by Crippen LogP contribution is 2.20. The second kappa shape index (κ2) is 8.43. The van der Waals surface area contributed by atoms with Crippen molar-refractivity contribution in [2.45, 2.75) is 39.2 Å². The van der Waals surface area contributed by atoms with Crippen LogP contribution in [0, 0.1) is 5.92 Å². The van der Waals surface area contributed by atoms with Crippen LogP contribution in [0.25, 0.3) is 0 Å². The number of rotatable bonds is 7. The van der Waals surface area contributed by atoms with Crippen molar-refractivity contribution in [1.82, 2.24) is 5.32 Å². The average molecular weight is 231 g/mol. The summed E-state index contributed by atoms with van der Waals surface area (Å²) in [6.45, 7) is 7.45. The molecule has 1 heterocycles. The summed E-state index contributed by atoms with van der Waals surface area (Å²) < 4.78 is 5.57. The van der Waals surface area contributed by atoms with E-state index in [1.54, 1.807) is 0 Å². The third-order valence-corrected chi connectivity index (χ3v) is 4.17. The van der Waals surface area contributed by atoms with Crippen LogP contribution in [0.2, 0.25) is 0 Å². The molecular weight excluding hydrogens is 206 g/mol. The van der Waals surface area contributed by atoms with Gasteiger partial charge in [-0.1, -0.05) is 13.8 Å². The third kappa shape index (κ3) is 5.23. The van der Waals surface area contributed by atoms with Crippen LogP contribution in [0.15, 0.2) is 0 Å². The Kier molecular flexibility index (Phi) is 7.49. The van der Waals surface area contributed by atoms with Gasteiger partial charge in [-0.3, -0.25) is 0 Å². The van der Waals surface area contributed by atoms with Crippen LogP contribution < -0.4 is 5.32 Å². The van der Waals surface area contributed by atoms with E-state index in [1.165, 1.54) is 30.8 Å². The van der Waals surface area contributed by atoms with Crippen molar-refractivity contribution in [3.8, 4) is 0 Å². The van der Waals surface area contributed by atoms with Crippen molar-refractivity contribution in [2.75, 3.05) is 31.3 Å². The maximum absolute atomic E-state index is 5.57. The van der Waals surface area contributed by atoms with Gasteiger partial charge in [0.1, 0.15) is 0 Å². The van der Waals surface area contributed by atoms with Crippen molar-refractivity contribution >= 4 is 11.8 Å². The Hall–Kier alpha value is 0.270. The molecular formula is C12H25NOS. The fraction of sp³-hybridized carbons (Fsp3) is 1.00. The summed E-state index contributed by atoms with van der Waals surface area (Å²) in [7, 11) is 0. The van der Waals surface area contributed by atoms with Crippen LogP contribution >= 0.6 is 11.8 Å². The minimum absolute atomic E-state index is 0.659. The maximum atomic E-state index is 5.57. The highest BCUT2D eigenvalue weighted by Gasteiger charge is 2.23. The molecule has 2 nitrogen and oxygen atoms in total. The van der Waals surface area contributed by atoms with Crippen LogP contribution in [0.4, 0.5) is 0 Å². The highest BCUT2D eigenvalue weighted by atomic mass is 32.2. The molecule has 90 valence electrons. The second-order valence-corrected chi connectivity index (χ2v) is 5.37. The zero-order valence-electron chi connectivity index (χ0n) is 10.1. The average Bonchev–Trinajstić information content (AvgIpc) is 2.29. The quantitative estimate of drug-likeness (QED) is 0.680. The summed E-state index contributed by atoms with van der Waals surface area (Å²) in [6, 6.07) is 0.659. The first-order chi connectivity index (χ1) is 7.38. The topological polar surface area (TPSA) is 21.3 Å². The first-order valence-corrected chi connectivity index (χ1v) is 7.42. The monoisotopic (exact) mass is 231 g/mol. The van der Waals surface area contributed by atoms with Gasteiger partial charge in [0.25, 0.3) is 0 Å². The number of ether oxygens (including phenoxy) is 1. The molecule has 0 aromatic heterocycles. The smallest absolute Gasteiger partial charge is 0.0509 e. The fourth-order valence-corrected chi connectivity index (χ4v) is 3.16. The van der Waals surface area contributed by atoms with E-state index in [4.69, 9.17) is 4.74 Å². The van der Waals surface area contributed by atoms with Gasteiger partial charge in [0.15, 0.2) is 0 Å². The molecule has 2 atom stereocenters. The molecule has 0 spiro atoms. The van der Waals surface area contributed by atoms with E-state index < -0.39 is 0 Å². The predicted molar refractivity (Wildman–Crippen MR) is 68.6 cm³/mol. The normalized spacial score (nSPS) is 24.0. The van der Waals surface area contributed by atoms with Crippen LogP contribution in [-0.4, -0.2) is 37.3 Å². The molecule has 3 heteroatoms. The van der Waals surface area contributed by atoms with Gasteiger partial charge in [0, 0.05) is 18.4 Å². The fourth-order valence-electron chi connectivity index (χ4n) is 2.06. The van der Waals surface area contributed by atoms with Crippen molar-refractivity contribution in [1.29, 1.82) is 0 Å². The first-order valence-electron chi connectivity index (χ1n) is 6.27. The second-order valence-electron chi connectivity index (χ2n) is 4.22. The van der Waals surface area contributed by atoms with Gasteiger partial charge in [-0.05, 0) is 37.5 Å². The maximum Gasteiger partial charge on any atom is 0.0509 e. The lowest BCUT2D eigenvalue weighted by Gasteiger charge is -2.30. The molecule has 1 fully saturated rings. The molecule has 0 saturated carbocycles. The van der Waals surface area contributed by atoms with Gasteiger partial charge in [-0.25, -0.2) is 0 Å². The predicted octanol–water partition coefficient (Wildman–Crippen LogP) is 2.53. The van der Waals surface area contributed by atoms with E-state index in [0.717, 1.165) is 25.7 Å². The molecule has 1 rings (SSSR count). The zero-order valence-corrected chi connectivity index (χ0v) is 10.9. The summed E-state index contributed by atoms with van der Waals surface area (Å²) in [4.78, 5) is 0. The van der Waals surface area contributed by atoms with E-state index in [-0.39, 0.29) is 0 Å². The number of hydrogen-bond donors (Lipinski definition) is 1. The van der Waals surface area contributed by atoms with Crippen LogP contribution in [0.3, 0.4) is 0 Å². The van der Waals surface area contributed by atoms with Crippen molar-refractivity contribution < 1.29 is 4.74 Å². The van der Waals surface area contributed by atoms with E-state index >= 15 is 0 Å². The molecule has 0 radical (unpaired) electrons. The van der Waals surface area contributed by atoms with Crippen molar-refractivity contribution in [3.63, 3.8) is 0 Å². The molecule has 1 N–H and O–H groups in total. The molecule has 1 saturated heterocycles. The van der Waals surface area contributed by atoms with E-state index in [9.17, 15) is 0 Å². The SMILES string of the molecule is CCCSCC(NCC)C1CCCOC1. The van der Waals surface area contributed by atoms with Crippen LogP contribution in [0.1, 0.15) is 33.1 Å².